The number of amides is 4. The van der Waals surface area contributed by atoms with Crippen molar-refractivity contribution in [3.63, 3.8) is 0 Å². The third kappa shape index (κ3) is 10.6. The summed E-state index contributed by atoms with van der Waals surface area (Å²) in [6, 6.07) is 18.2. The number of hydrogen-bond acceptors (Lipinski definition) is 8. The molecule has 0 spiro atoms. The first kappa shape index (κ1) is 38.3. The zero-order valence-electron chi connectivity index (χ0n) is 30.6. The molecular weight excluding hydrogens is 686 g/mol. The molecule has 0 bridgehead atoms. The Labute approximate surface area is 315 Å². The van der Waals surface area contributed by atoms with Gasteiger partial charge in [0.1, 0.15) is 5.75 Å². The summed E-state index contributed by atoms with van der Waals surface area (Å²) >= 11 is 0. The summed E-state index contributed by atoms with van der Waals surface area (Å²) in [5.74, 6) is -0.0953. The summed E-state index contributed by atoms with van der Waals surface area (Å²) in [6.45, 7) is 4.16. The number of ether oxygens (including phenoxy) is 1. The average molecular weight is 738 g/mol. The van der Waals surface area contributed by atoms with Crippen LogP contribution in [0.4, 0.5) is 11.4 Å². The number of benzene rings is 3. The number of fused-ring (bicyclic) bond motifs is 2. The molecule has 4 amide bonds. The third-order valence-corrected chi connectivity index (χ3v) is 9.94. The number of anilines is 2. The van der Waals surface area contributed by atoms with Crippen molar-refractivity contribution < 1.29 is 23.9 Å². The van der Waals surface area contributed by atoms with Gasteiger partial charge in [-0.2, -0.15) is 0 Å². The van der Waals surface area contributed by atoms with Gasteiger partial charge in [-0.1, -0.05) is 31.0 Å². The minimum atomic E-state index is -0.553. The molecule has 2 heterocycles. The van der Waals surface area contributed by atoms with Crippen LogP contribution in [0.2, 0.25) is 0 Å². The van der Waals surface area contributed by atoms with E-state index in [1.807, 2.05) is 23.1 Å². The molecule has 2 aliphatic heterocycles. The van der Waals surface area contributed by atoms with Crippen LogP contribution in [0, 0.1) is 0 Å². The second-order valence-corrected chi connectivity index (χ2v) is 14.3. The zero-order chi connectivity index (χ0) is 38.0. The van der Waals surface area contributed by atoms with E-state index < -0.39 is 6.04 Å². The van der Waals surface area contributed by atoms with Gasteiger partial charge in [0.05, 0.1) is 11.7 Å². The molecule has 0 radical (unpaired) electrons. The lowest BCUT2D eigenvalue weighted by atomic mass is 10.1. The molecule has 14 nitrogen and oxygen atoms in total. The molecule has 1 fully saturated rings. The molecule has 1 unspecified atom stereocenters. The van der Waals surface area contributed by atoms with E-state index in [4.69, 9.17) is 21.9 Å². The Morgan fingerprint density at radius 2 is 1.69 bits per heavy atom. The van der Waals surface area contributed by atoms with Crippen molar-refractivity contribution in [2.75, 3.05) is 36.9 Å². The van der Waals surface area contributed by atoms with Gasteiger partial charge in [-0.05, 0) is 104 Å². The summed E-state index contributed by atoms with van der Waals surface area (Å²) < 4.78 is 5.52. The summed E-state index contributed by atoms with van der Waals surface area (Å²) in [4.78, 5) is 58.7. The third-order valence-electron chi connectivity index (χ3n) is 9.94. The predicted octanol–water partition coefficient (Wildman–Crippen LogP) is 3.45. The summed E-state index contributed by atoms with van der Waals surface area (Å²) in [5.41, 5.74) is 22.4. The first-order valence-corrected chi connectivity index (χ1v) is 18.8. The topological polar surface area (TPSA) is 210 Å². The van der Waals surface area contributed by atoms with Crippen molar-refractivity contribution in [1.82, 2.24) is 15.1 Å². The Hall–Kier alpha value is -5.47. The number of aliphatic imine (C=N–C) groups is 1. The molecule has 54 heavy (non-hydrogen) atoms. The van der Waals surface area contributed by atoms with Gasteiger partial charge in [0, 0.05) is 55.6 Å². The molecule has 0 aromatic heterocycles. The lowest BCUT2D eigenvalue weighted by Crippen LogP contribution is -2.41. The second kappa shape index (κ2) is 18.0. The number of nitrogens with one attached hydrogen (secondary N) is 3. The number of hydrogen-bond donors (Lipinski definition) is 6. The molecule has 1 aliphatic carbocycles. The van der Waals surface area contributed by atoms with E-state index >= 15 is 0 Å². The van der Waals surface area contributed by atoms with Crippen LogP contribution in [-0.4, -0.2) is 77.7 Å². The number of nitrogens with two attached hydrogens (primary N) is 3. The minimum absolute atomic E-state index is 0.0434. The van der Waals surface area contributed by atoms with E-state index in [0.29, 0.717) is 55.0 Å². The van der Waals surface area contributed by atoms with Crippen LogP contribution in [0.5, 0.6) is 5.75 Å². The highest BCUT2D eigenvalue weighted by atomic mass is 16.5. The molecule has 3 aliphatic rings. The normalized spacial score (nSPS) is 15.2. The Morgan fingerprint density at radius 1 is 0.926 bits per heavy atom. The maximum Gasteiger partial charge on any atom is 0.262 e. The highest BCUT2D eigenvalue weighted by Crippen LogP contribution is 2.33. The molecule has 0 saturated heterocycles. The molecule has 1 saturated carbocycles. The second-order valence-electron chi connectivity index (χ2n) is 14.3. The number of rotatable bonds is 18. The van der Waals surface area contributed by atoms with E-state index in [1.54, 1.807) is 30.3 Å². The van der Waals surface area contributed by atoms with Crippen LogP contribution in [-0.2, 0) is 29.2 Å². The number of guanidine groups is 1. The molecule has 286 valence electrons. The number of carbonyl (C=O) groups excluding carboxylic acids is 4. The van der Waals surface area contributed by atoms with Crippen molar-refractivity contribution in [2.45, 2.75) is 83.1 Å². The molecule has 14 heteroatoms. The molecular formula is C40H51N9O5. The van der Waals surface area contributed by atoms with E-state index in [-0.39, 0.29) is 42.2 Å². The van der Waals surface area contributed by atoms with Gasteiger partial charge in [0.2, 0.25) is 5.91 Å². The quantitative estimate of drug-likeness (QED) is 0.0641. The Balaban J connectivity index is 0.902. The van der Waals surface area contributed by atoms with Gasteiger partial charge in [-0.15, -0.1) is 0 Å². The Bertz CT molecular complexity index is 1860. The van der Waals surface area contributed by atoms with Crippen molar-refractivity contribution in [1.29, 1.82) is 0 Å². The van der Waals surface area contributed by atoms with Crippen LogP contribution >= 0.6 is 0 Å². The number of nitrogens with zero attached hydrogens (tertiary/aromatic N) is 3. The van der Waals surface area contributed by atoms with Crippen LogP contribution in [0.25, 0.3) is 0 Å². The van der Waals surface area contributed by atoms with Crippen molar-refractivity contribution in [3.8, 4) is 5.75 Å². The minimum Gasteiger partial charge on any atom is -0.482 e. The van der Waals surface area contributed by atoms with Crippen molar-refractivity contribution in [2.24, 2.45) is 22.2 Å². The van der Waals surface area contributed by atoms with Gasteiger partial charge >= 0.3 is 0 Å². The largest absolute Gasteiger partial charge is 0.482 e. The fourth-order valence-electron chi connectivity index (χ4n) is 6.80. The average Bonchev–Trinajstić information content (AvgIpc) is 3.93. The first-order valence-electron chi connectivity index (χ1n) is 18.8. The SMILES string of the molecule is NC(N)=NCCCC(N)C(=O)NCCCCCCN1Cc2ccc(NC(=O)c3ccc(CN(C(=O)c4ccc5c(c4)OCC(=O)N5)C4CC4)cc3)cc2C1. The monoisotopic (exact) mass is 737 g/mol. The van der Waals surface area contributed by atoms with Crippen LogP contribution in [0.1, 0.15) is 88.8 Å². The maximum absolute atomic E-state index is 13.5. The van der Waals surface area contributed by atoms with E-state index in [9.17, 15) is 19.2 Å². The zero-order valence-corrected chi connectivity index (χ0v) is 30.6. The summed E-state index contributed by atoms with van der Waals surface area (Å²) in [6.07, 6.45) is 7.18. The molecule has 1 atom stereocenters. The predicted molar refractivity (Wildman–Crippen MR) is 208 cm³/mol. The lowest BCUT2D eigenvalue weighted by Gasteiger charge is -2.24. The van der Waals surface area contributed by atoms with Crippen LogP contribution in [0.3, 0.4) is 0 Å². The summed E-state index contributed by atoms with van der Waals surface area (Å²) in [5, 5.41) is 8.73. The van der Waals surface area contributed by atoms with E-state index in [2.05, 4.69) is 38.0 Å². The van der Waals surface area contributed by atoms with Gasteiger partial charge in [0.25, 0.3) is 17.7 Å². The van der Waals surface area contributed by atoms with Gasteiger partial charge in [0.15, 0.2) is 12.6 Å². The molecule has 9 N–H and O–H groups in total. The highest BCUT2D eigenvalue weighted by molar-refractivity contribution is 6.04. The van der Waals surface area contributed by atoms with Crippen LogP contribution < -0.4 is 37.9 Å². The Kier molecular flexibility index (Phi) is 12.8. The Morgan fingerprint density at radius 3 is 2.46 bits per heavy atom. The summed E-state index contributed by atoms with van der Waals surface area (Å²) in [7, 11) is 0. The molecule has 6 rings (SSSR count). The first-order chi connectivity index (χ1) is 26.1. The number of carbonyl (C=O) groups is 4. The standard InChI is InChI=1S/C40H51N9O5/c41-33(6-5-18-45-40(42)43)38(52)44-17-3-1-2-4-19-48-23-29-11-13-31(20-30(29)24-48)46-37(51)27-9-7-26(8-10-27)22-49(32-14-15-32)39(53)28-12-16-34-35(21-28)54-25-36(50)47-34/h7-13,16,20-21,32-33H,1-6,14-15,17-19,22-25,41H2,(H,44,52)(H,46,51)(H,47,50)(H4,42,43,45). The van der Waals surface area contributed by atoms with Crippen LogP contribution in [0.15, 0.2) is 65.7 Å². The van der Waals surface area contributed by atoms with E-state index in [0.717, 1.165) is 69.4 Å². The maximum atomic E-state index is 13.5. The molecule has 3 aromatic rings. The molecule has 3 aromatic carbocycles. The fourth-order valence-corrected chi connectivity index (χ4v) is 6.80. The van der Waals surface area contributed by atoms with Gasteiger partial charge in [-0.3, -0.25) is 29.1 Å². The van der Waals surface area contributed by atoms with Gasteiger partial charge in [-0.25, -0.2) is 0 Å². The highest BCUT2D eigenvalue weighted by Gasteiger charge is 2.33. The van der Waals surface area contributed by atoms with E-state index in [1.165, 1.54) is 11.1 Å². The lowest BCUT2D eigenvalue weighted by molar-refractivity contribution is -0.122. The van der Waals surface area contributed by atoms with Crippen molar-refractivity contribution in [3.05, 3.63) is 88.5 Å². The number of unbranched alkanes of at least 4 members (excludes halogenated alkanes) is 3. The fraction of sp³-hybridized carbons (Fsp3) is 0.425. The van der Waals surface area contributed by atoms with Gasteiger partial charge < -0.3 is 42.8 Å². The van der Waals surface area contributed by atoms with Crippen molar-refractivity contribution >= 4 is 41.0 Å². The smallest absolute Gasteiger partial charge is 0.262 e.